The van der Waals surface area contributed by atoms with Gasteiger partial charge in [-0.1, -0.05) is 42.5 Å². The predicted molar refractivity (Wildman–Crippen MR) is 131 cm³/mol. The lowest BCUT2D eigenvalue weighted by molar-refractivity contribution is -0.384. The maximum atomic E-state index is 13.0. The minimum absolute atomic E-state index is 0.0669. The van der Waals surface area contributed by atoms with Crippen molar-refractivity contribution in [3.63, 3.8) is 0 Å². The van der Waals surface area contributed by atoms with Crippen molar-refractivity contribution in [2.24, 2.45) is 0 Å². The number of Topliss-reactive ketones (excluding diaryl/α,β-unsaturated/α-hetero) is 1. The van der Waals surface area contributed by atoms with Crippen molar-refractivity contribution in [2.45, 2.75) is 12.6 Å². The summed E-state index contributed by atoms with van der Waals surface area (Å²) in [7, 11) is 1.46. The van der Waals surface area contributed by atoms with Crippen LogP contribution in [0.4, 0.5) is 5.69 Å². The van der Waals surface area contributed by atoms with Crippen molar-refractivity contribution >= 4 is 23.1 Å². The van der Waals surface area contributed by atoms with Gasteiger partial charge in [0.15, 0.2) is 0 Å². The van der Waals surface area contributed by atoms with Crippen molar-refractivity contribution in [1.82, 2.24) is 4.90 Å². The molecule has 36 heavy (non-hydrogen) atoms. The summed E-state index contributed by atoms with van der Waals surface area (Å²) in [6, 6.07) is 20.8. The molecule has 9 heteroatoms. The van der Waals surface area contributed by atoms with Crippen LogP contribution in [-0.2, 0) is 20.9 Å². The first-order valence-corrected chi connectivity index (χ1v) is 11.2. The van der Waals surface area contributed by atoms with Gasteiger partial charge in [-0.25, -0.2) is 0 Å². The number of aliphatic hydroxyl groups excluding tert-OH is 1. The fraction of sp³-hybridized carbons (Fsp3) is 0.185. The predicted octanol–water partition coefficient (Wildman–Crippen LogP) is 4.24. The molecule has 3 aromatic rings. The van der Waals surface area contributed by atoms with Gasteiger partial charge in [0.25, 0.3) is 17.4 Å². The molecule has 1 unspecified atom stereocenters. The van der Waals surface area contributed by atoms with Crippen LogP contribution in [0.25, 0.3) is 5.76 Å². The minimum Gasteiger partial charge on any atom is -0.507 e. The highest BCUT2D eigenvalue weighted by Crippen LogP contribution is 2.40. The van der Waals surface area contributed by atoms with Crippen molar-refractivity contribution in [3.8, 4) is 5.75 Å². The molecular formula is C27H24N2O7. The number of methoxy groups -OCH3 is 1. The van der Waals surface area contributed by atoms with Crippen LogP contribution in [0.5, 0.6) is 5.75 Å². The smallest absolute Gasteiger partial charge is 0.295 e. The second-order valence-corrected chi connectivity index (χ2v) is 8.14. The van der Waals surface area contributed by atoms with Gasteiger partial charge in [0.05, 0.1) is 23.1 Å². The van der Waals surface area contributed by atoms with Crippen molar-refractivity contribution in [1.29, 1.82) is 0 Å². The standard InChI is InChI=1S/C27H24N2O7/c1-35-15-14-28-24(20-8-5-9-21(16-20)29(33)34)23(26(31)27(28)32)25(30)19-10-12-22(13-11-19)36-17-18-6-3-2-4-7-18/h2-13,16,24,30H,14-15,17H2,1H3/b25-23+. The molecule has 1 fully saturated rings. The summed E-state index contributed by atoms with van der Waals surface area (Å²) in [4.78, 5) is 37.9. The number of hydrogen-bond donors (Lipinski definition) is 1. The Morgan fingerprint density at radius 3 is 2.42 bits per heavy atom. The lowest BCUT2D eigenvalue weighted by atomic mass is 9.95. The van der Waals surface area contributed by atoms with Gasteiger partial charge in [-0.05, 0) is 35.4 Å². The molecule has 3 aromatic carbocycles. The largest absolute Gasteiger partial charge is 0.507 e. The third-order valence-corrected chi connectivity index (χ3v) is 5.85. The topological polar surface area (TPSA) is 119 Å². The lowest BCUT2D eigenvalue weighted by Gasteiger charge is -2.24. The molecule has 0 aliphatic carbocycles. The molecule has 0 aromatic heterocycles. The molecule has 184 valence electrons. The highest BCUT2D eigenvalue weighted by Gasteiger charge is 2.46. The molecule has 0 spiro atoms. The number of likely N-dealkylation sites (tertiary alicyclic amines) is 1. The maximum Gasteiger partial charge on any atom is 0.295 e. The maximum absolute atomic E-state index is 13.0. The Balaban J connectivity index is 1.68. The van der Waals surface area contributed by atoms with E-state index in [1.807, 2.05) is 30.3 Å². The highest BCUT2D eigenvalue weighted by molar-refractivity contribution is 6.46. The van der Waals surface area contributed by atoms with Crippen LogP contribution < -0.4 is 4.74 Å². The Hall–Kier alpha value is -4.50. The van der Waals surface area contributed by atoms with Gasteiger partial charge in [-0.2, -0.15) is 0 Å². The fourth-order valence-corrected chi connectivity index (χ4v) is 4.06. The van der Waals surface area contributed by atoms with E-state index in [9.17, 15) is 24.8 Å². The summed E-state index contributed by atoms with van der Waals surface area (Å²) in [5.41, 5.74) is 1.31. The Bertz CT molecular complexity index is 1300. The number of hydrogen-bond acceptors (Lipinski definition) is 7. The van der Waals surface area contributed by atoms with E-state index in [-0.39, 0.29) is 30.2 Å². The molecule has 1 aliphatic rings. The van der Waals surface area contributed by atoms with Gasteiger partial charge in [0, 0.05) is 31.4 Å². The molecular weight excluding hydrogens is 464 g/mol. The molecule has 0 radical (unpaired) electrons. The number of nitrogens with zero attached hydrogens (tertiary/aromatic N) is 2. The Morgan fingerprint density at radius 2 is 1.75 bits per heavy atom. The van der Waals surface area contributed by atoms with Crippen LogP contribution in [0, 0.1) is 10.1 Å². The van der Waals surface area contributed by atoms with Gasteiger partial charge >= 0.3 is 0 Å². The summed E-state index contributed by atoms with van der Waals surface area (Å²) < 4.78 is 10.8. The summed E-state index contributed by atoms with van der Waals surface area (Å²) >= 11 is 0. The highest BCUT2D eigenvalue weighted by atomic mass is 16.6. The summed E-state index contributed by atoms with van der Waals surface area (Å²) in [6.45, 7) is 0.576. The van der Waals surface area contributed by atoms with Gasteiger partial charge in [-0.3, -0.25) is 19.7 Å². The fourth-order valence-electron chi connectivity index (χ4n) is 4.06. The van der Waals surface area contributed by atoms with Gasteiger partial charge in [0.1, 0.15) is 18.1 Å². The molecule has 0 bridgehead atoms. The number of ether oxygens (including phenoxy) is 2. The van der Waals surface area contributed by atoms with Crippen molar-refractivity contribution in [2.75, 3.05) is 20.3 Å². The second-order valence-electron chi connectivity index (χ2n) is 8.14. The van der Waals surface area contributed by atoms with Crippen molar-refractivity contribution < 1.29 is 29.1 Å². The van der Waals surface area contributed by atoms with Crippen LogP contribution in [0.15, 0.2) is 84.4 Å². The van der Waals surface area contributed by atoms with E-state index >= 15 is 0 Å². The number of benzene rings is 3. The van der Waals surface area contributed by atoms with Gasteiger partial charge in [0.2, 0.25) is 0 Å². The third-order valence-electron chi connectivity index (χ3n) is 5.85. The summed E-state index contributed by atoms with van der Waals surface area (Å²) in [5.74, 6) is -1.50. The first-order valence-electron chi connectivity index (χ1n) is 11.2. The monoisotopic (exact) mass is 488 g/mol. The van der Waals surface area contributed by atoms with E-state index in [1.165, 1.54) is 30.2 Å². The molecule has 1 amide bonds. The number of carbonyl (C=O) groups excluding carboxylic acids is 2. The summed E-state index contributed by atoms with van der Waals surface area (Å²) in [6.07, 6.45) is 0. The van der Waals surface area contributed by atoms with Crippen LogP contribution in [0.1, 0.15) is 22.7 Å². The van der Waals surface area contributed by atoms with Crippen LogP contribution in [0.3, 0.4) is 0 Å². The number of ketones is 1. The first-order chi connectivity index (χ1) is 17.4. The molecule has 1 aliphatic heterocycles. The zero-order valence-electron chi connectivity index (χ0n) is 19.5. The molecule has 1 heterocycles. The first kappa shape index (κ1) is 24.6. The molecule has 1 N–H and O–H groups in total. The second kappa shape index (κ2) is 10.8. The van der Waals surface area contributed by atoms with Gasteiger partial charge < -0.3 is 19.5 Å². The average Bonchev–Trinajstić information content (AvgIpc) is 3.16. The van der Waals surface area contributed by atoms with Crippen molar-refractivity contribution in [3.05, 3.63) is 111 Å². The number of rotatable bonds is 9. The molecule has 9 nitrogen and oxygen atoms in total. The quantitative estimate of drug-likeness (QED) is 0.157. The van der Waals surface area contributed by atoms with E-state index in [0.717, 1.165) is 5.56 Å². The number of non-ortho nitro benzene ring substituents is 1. The molecule has 1 atom stereocenters. The Morgan fingerprint density at radius 1 is 1.03 bits per heavy atom. The molecule has 4 rings (SSSR count). The Kier molecular flexibility index (Phi) is 7.41. The van der Waals surface area contributed by atoms with E-state index in [4.69, 9.17) is 9.47 Å². The van der Waals surface area contributed by atoms with Crippen LogP contribution >= 0.6 is 0 Å². The number of nitro groups is 1. The average molecular weight is 488 g/mol. The number of carbonyl (C=O) groups is 2. The van der Waals surface area contributed by atoms with E-state index in [1.54, 1.807) is 30.3 Å². The Labute approximate surface area is 207 Å². The number of amides is 1. The van der Waals surface area contributed by atoms with Crippen LogP contribution in [-0.4, -0.2) is 46.9 Å². The molecule has 1 saturated heterocycles. The SMILES string of the molecule is COCCN1C(=O)C(=O)/C(=C(/O)c2ccc(OCc3ccccc3)cc2)C1c1cccc([N+](=O)[O-])c1. The lowest BCUT2D eigenvalue weighted by Crippen LogP contribution is -2.32. The number of nitro benzene ring substituents is 1. The zero-order chi connectivity index (χ0) is 25.7. The third kappa shape index (κ3) is 5.11. The minimum atomic E-state index is -1.01. The van der Waals surface area contributed by atoms with Gasteiger partial charge in [-0.15, -0.1) is 0 Å². The number of aliphatic hydroxyl groups is 1. The van der Waals surface area contributed by atoms with E-state index in [2.05, 4.69) is 0 Å². The van der Waals surface area contributed by atoms with E-state index in [0.29, 0.717) is 23.5 Å². The van der Waals surface area contributed by atoms with Crippen LogP contribution in [0.2, 0.25) is 0 Å². The summed E-state index contributed by atoms with van der Waals surface area (Å²) in [5, 5.41) is 22.5. The molecule has 0 saturated carbocycles. The normalized spacial score (nSPS) is 16.8. The van der Waals surface area contributed by atoms with E-state index < -0.39 is 22.7 Å². The zero-order valence-corrected chi connectivity index (χ0v) is 19.5.